The molecule has 1 saturated heterocycles. The summed E-state index contributed by atoms with van der Waals surface area (Å²) in [5, 5.41) is 16.4. The minimum absolute atomic E-state index is 0.174. The van der Waals surface area contributed by atoms with Crippen LogP contribution in [0.1, 0.15) is 109 Å². The van der Waals surface area contributed by atoms with Gasteiger partial charge >= 0.3 is 5.97 Å². The molecular weight excluding hydrogens is 661 g/mol. The Morgan fingerprint density at radius 3 is 1.75 bits per heavy atom. The number of allylic oxidation sites excluding steroid dienone is 2. The predicted octanol–water partition coefficient (Wildman–Crippen LogP) is 10.3. The van der Waals surface area contributed by atoms with Crippen molar-refractivity contribution in [1.82, 2.24) is 5.06 Å². The van der Waals surface area contributed by atoms with E-state index >= 15 is 0 Å². The van der Waals surface area contributed by atoms with Gasteiger partial charge in [0.2, 0.25) is 0 Å². The molecule has 0 spiro atoms. The van der Waals surface area contributed by atoms with Gasteiger partial charge in [-0.2, -0.15) is 0 Å². The summed E-state index contributed by atoms with van der Waals surface area (Å²) < 4.78 is 20.8. The van der Waals surface area contributed by atoms with Gasteiger partial charge < -0.3 is 9.30 Å². The molecule has 3 unspecified atom stereocenters. The van der Waals surface area contributed by atoms with Crippen LogP contribution in [0, 0.1) is 5.92 Å². The summed E-state index contributed by atoms with van der Waals surface area (Å²) >= 11 is 0. The van der Waals surface area contributed by atoms with E-state index in [0.717, 1.165) is 53.1 Å². The predicted molar refractivity (Wildman–Crippen MR) is 215 cm³/mol. The van der Waals surface area contributed by atoms with Gasteiger partial charge in [0.15, 0.2) is 7.14 Å². The van der Waals surface area contributed by atoms with E-state index in [9.17, 15) is 14.6 Å². The van der Waals surface area contributed by atoms with Gasteiger partial charge in [-0.05, 0) is 82.8 Å². The largest absolute Gasteiger partial charge is 0.462 e. The lowest BCUT2D eigenvalue weighted by Crippen LogP contribution is -2.60. The highest BCUT2D eigenvalue weighted by Crippen LogP contribution is 2.43. The highest BCUT2D eigenvalue weighted by Gasteiger charge is 2.47. The minimum Gasteiger partial charge on any atom is -0.462 e. The summed E-state index contributed by atoms with van der Waals surface area (Å²) in [6.07, 6.45) is 9.76. The number of carbonyl (C=O) groups is 1. The minimum atomic E-state index is -3.02. The van der Waals surface area contributed by atoms with E-state index in [0.29, 0.717) is 24.7 Å². The Balaban J connectivity index is 1.23. The molecule has 1 aliphatic heterocycles. The molecule has 275 valence electrons. The lowest BCUT2D eigenvalue weighted by Gasteiger charge is -2.49. The molecule has 1 aliphatic rings. The van der Waals surface area contributed by atoms with Gasteiger partial charge in [-0.3, -0.25) is 4.79 Å². The third-order valence-electron chi connectivity index (χ3n) is 10.9. The zero-order valence-corrected chi connectivity index (χ0v) is 32.8. The normalized spacial score (nSPS) is 18.1. The molecule has 3 atom stereocenters. The number of carbonyl (C=O) groups excluding carboxylic acids is 1. The topological polar surface area (TPSA) is 66.5 Å². The van der Waals surface area contributed by atoms with Gasteiger partial charge in [0.05, 0.1) is 5.92 Å². The fourth-order valence-electron chi connectivity index (χ4n) is 8.03. The average molecular weight is 719 g/mol. The Bertz CT molecular complexity index is 1730. The fraction of sp³-hybridized carbons (Fsp3) is 0.413. The van der Waals surface area contributed by atoms with Gasteiger partial charge in [-0.25, -0.2) is 0 Å². The first-order chi connectivity index (χ1) is 24.8. The van der Waals surface area contributed by atoms with Crippen LogP contribution in [0.2, 0.25) is 0 Å². The van der Waals surface area contributed by atoms with Gasteiger partial charge in [-0.15, -0.1) is 10.3 Å². The molecule has 0 aliphatic carbocycles. The molecule has 52 heavy (non-hydrogen) atoms. The van der Waals surface area contributed by atoms with Crippen LogP contribution in [0.4, 0.5) is 0 Å². The SMILES string of the molecule is CCC(CC(C/C=C/CCC(C)C(=O)OC1CC(C)(C)N([O])C(C)(C)C1)c1ccccc1)c1ccc(P(=O)(c2ccccc2)c2ccccc2)cc1. The lowest BCUT2D eigenvalue weighted by molar-refractivity contribution is -0.299. The van der Waals surface area contributed by atoms with E-state index < -0.39 is 18.2 Å². The van der Waals surface area contributed by atoms with E-state index in [1.807, 2.05) is 95.3 Å². The van der Waals surface area contributed by atoms with Crippen LogP contribution >= 0.6 is 7.14 Å². The van der Waals surface area contributed by atoms with Crippen molar-refractivity contribution in [1.29, 1.82) is 0 Å². The van der Waals surface area contributed by atoms with Crippen molar-refractivity contribution in [2.45, 2.75) is 116 Å². The summed E-state index contributed by atoms with van der Waals surface area (Å²) in [5.41, 5.74) is 1.46. The Morgan fingerprint density at radius 2 is 1.23 bits per heavy atom. The van der Waals surface area contributed by atoms with Crippen molar-refractivity contribution in [2.24, 2.45) is 5.92 Å². The van der Waals surface area contributed by atoms with Gasteiger partial charge in [0.25, 0.3) is 0 Å². The smallest absolute Gasteiger partial charge is 0.308 e. The third kappa shape index (κ3) is 9.42. The summed E-state index contributed by atoms with van der Waals surface area (Å²) in [4.78, 5) is 13.0. The molecule has 0 N–H and O–H groups in total. The van der Waals surface area contributed by atoms with Crippen molar-refractivity contribution in [3.05, 3.63) is 139 Å². The second-order valence-electron chi connectivity index (χ2n) is 15.9. The van der Waals surface area contributed by atoms with Crippen LogP contribution in [0.15, 0.2) is 127 Å². The number of ether oxygens (including phenoxy) is 1. The maximum Gasteiger partial charge on any atom is 0.308 e. The van der Waals surface area contributed by atoms with Crippen LogP contribution < -0.4 is 15.9 Å². The number of piperidine rings is 1. The third-order valence-corrected chi connectivity index (χ3v) is 14.0. The first-order valence-corrected chi connectivity index (χ1v) is 20.8. The average Bonchev–Trinajstić information content (AvgIpc) is 3.15. The number of esters is 1. The second kappa shape index (κ2) is 17.4. The van der Waals surface area contributed by atoms with Gasteiger partial charge in [0.1, 0.15) is 6.10 Å². The van der Waals surface area contributed by atoms with Gasteiger partial charge in [0, 0.05) is 39.8 Å². The fourth-order valence-corrected chi connectivity index (χ4v) is 10.7. The zero-order valence-electron chi connectivity index (χ0n) is 31.9. The Hall–Kier alpha value is -3.76. The number of benzene rings is 4. The molecule has 5 nitrogen and oxygen atoms in total. The molecule has 0 bridgehead atoms. The highest BCUT2D eigenvalue weighted by atomic mass is 31.2. The summed E-state index contributed by atoms with van der Waals surface area (Å²) in [5.74, 6) is 0.298. The van der Waals surface area contributed by atoms with E-state index in [-0.39, 0.29) is 18.0 Å². The summed E-state index contributed by atoms with van der Waals surface area (Å²) in [6.45, 7) is 11.9. The summed E-state index contributed by atoms with van der Waals surface area (Å²) in [7, 11) is -3.02. The molecule has 5 rings (SSSR count). The van der Waals surface area contributed by atoms with Crippen LogP contribution in [0.5, 0.6) is 0 Å². The molecule has 0 aromatic heterocycles. The number of hydrogen-bond acceptors (Lipinski definition) is 4. The molecular formula is C46H57NO4P. The Morgan fingerprint density at radius 1 is 0.750 bits per heavy atom. The van der Waals surface area contributed by atoms with E-state index in [2.05, 4.69) is 73.7 Å². The molecule has 4 aromatic carbocycles. The zero-order chi connectivity index (χ0) is 37.4. The first-order valence-electron chi connectivity index (χ1n) is 19.0. The number of hydroxylamine groups is 2. The van der Waals surface area contributed by atoms with E-state index in [1.165, 1.54) is 11.1 Å². The van der Waals surface area contributed by atoms with E-state index in [1.54, 1.807) is 0 Å². The van der Waals surface area contributed by atoms with Crippen molar-refractivity contribution in [2.75, 3.05) is 0 Å². The van der Waals surface area contributed by atoms with Crippen molar-refractivity contribution < 1.29 is 19.3 Å². The first kappa shape index (κ1) is 39.4. The van der Waals surface area contributed by atoms with Gasteiger partial charge in [-0.1, -0.05) is 141 Å². The maximum absolute atomic E-state index is 14.9. The molecule has 1 radical (unpaired) electrons. The molecule has 1 fully saturated rings. The molecule has 0 saturated carbocycles. The van der Waals surface area contributed by atoms with E-state index in [4.69, 9.17) is 4.74 Å². The van der Waals surface area contributed by atoms with Crippen LogP contribution in [0.25, 0.3) is 0 Å². The molecule has 6 heteroatoms. The number of nitrogens with zero attached hydrogens (tertiary/aromatic N) is 1. The highest BCUT2D eigenvalue weighted by molar-refractivity contribution is 7.85. The van der Waals surface area contributed by atoms with Crippen LogP contribution in [-0.4, -0.2) is 28.2 Å². The Labute approximate surface area is 312 Å². The number of hydrogen-bond donors (Lipinski definition) is 0. The monoisotopic (exact) mass is 718 g/mol. The second-order valence-corrected chi connectivity index (χ2v) is 18.7. The lowest BCUT2D eigenvalue weighted by atomic mass is 9.80. The number of rotatable bonds is 15. The maximum atomic E-state index is 14.9. The Kier molecular flexibility index (Phi) is 13.2. The van der Waals surface area contributed by atoms with Crippen molar-refractivity contribution in [3.8, 4) is 0 Å². The van der Waals surface area contributed by atoms with Crippen molar-refractivity contribution in [3.63, 3.8) is 0 Å². The van der Waals surface area contributed by atoms with Crippen LogP contribution in [-0.2, 0) is 19.3 Å². The van der Waals surface area contributed by atoms with Crippen LogP contribution in [0.3, 0.4) is 0 Å². The summed E-state index contributed by atoms with van der Waals surface area (Å²) in [6, 6.07) is 39.0. The van der Waals surface area contributed by atoms with Crippen molar-refractivity contribution >= 4 is 29.0 Å². The standard InChI is InChI=1S/C46H57NO4P/c1-7-36(38-28-30-43(31-29-38)52(50,41-24-16-10-17-25-41)42-26-18-11-19-27-42)32-39(37-21-13-9-14-22-37)23-15-8-12-20-35(2)44(48)51-40-33-45(3,4)47(49)46(5,6)34-40/h8-11,13-19,21-22,24-31,35-36,39-40H,7,12,20,23,32-34H2,1-6H3/b15-8+. The molecule has 0 amide bonds. The quantitative estimate of drug-likeness (QED) is 0.0697. The molecule has 4 aromatic rings. The molecule has 1 heterocycles.